The number of rotatable bonds is 7. The van der Waals surface area contributed by atoms with Crippen LogP contribution in [0.25, 0.3) is 17.0 Å². The molecular formula is C23H22N2O5S. The summed E-state index contributed by atoms with van der Waals surface area (Å²) in [6.07, 6.45) is 2.24. The summed E-state index contributed by atoms with van der Waals surface area (Å²) in [7, 11) is 0. The largest absolute Gasteiger partial charge is 0.462 e. The van der Waals surface area contributed by atoms with Gasteiger partial charge in [0, 0.05) is 17.5 Å². The highest BCUT2D eigenvalue weighted by molar-refractivity contribution is 7.11. The summed E-state index contributed by atoms with van der Waals surface area (Å²) in [6, 6.07) is 11.5. The molecule has 0 amide bonds. The Morgan fingerprint density at radius 1 is 1.26 bits per heavy atom. The minimum atomic E-state index is -0.466. The zero-order chi connectivity index (χ0) is 21.8. The van der Waals surface area contributed by atoms with Gasteiger partial charge in [0.05, 0.1) is 23.4 Å². The fourth-order valence-corrected chi connectivity index (χ4v) is 4.04. The number of esters is 1. The average molecular weight is 439 g/mol. The molecule has 31 heavy (non-hydrogen) atoms. The van der Waals surface area contributed by atoms with E-state index in [1.54, 1.807) is 24.6 Å². The van der Waals surface area contributed by atoms with E-state index in [9.17, 15) is 9.59 Å². The van der Waals surface area contributed by atoms with Crippen molar-refractivity contribution in [1.29, 1.82) is 0 Å². The number of hydrogen-bond acceptors (Lipinski definition) is 7. The Morgan fingerprint density at radius 2 is 2.06 bits per heavy atom. The monoisotopic (exact) mass is 438 g/mol. The summed E-state index contributed by atoms with van der Waals surface area (Å²) in [5.41, 5.74) is 2.46. The molecule has 0 bridgehead atoms. The molecule has 0 fully saturated rings. The van der Waals surface area contributed by atoms with Crippen LogP contribution in [-0.4, -0.2) is 28.8 Å². The average Bonchev–Trinajstić information content (AvgIpc) is 3.44. The van der Waals surface area contributed by atoms with Gasteiger partial charge in [0.25, 0.3) is 5.56 Å². The third-order valence-corrected chi connectivity index (χ3v) is 5.65. The predicted molar refractivity (Wildman–Crippen MR) is 118 cm³/mol. The molecule has 3 aromatic rings. The van der Waals surface area contributed by atoms with E-state index >= 15 is 0 Å². The molecule has 3 heterocycles. The summed E-state index contributed by atoms with van der Waals surface area (Å²) in [5, 5.41) is 2.36. The molecule has 1 aliphatic rings. The van der Waals surface area contributed by atoms with Crippen LogP contribution >= 0.6 is 11.3 Å². The van der Waals surface area contributed by atoms with Gasteiger partial charge in [0.2, 0.25) is 6.29 Å². The number of hydrogen-bond donors (Lipinski definition) is 1. The van der Waals surface area contributed by atoms with E-state index in [0.29, 0.717) is 46.1 Å². The number of pyridine rings is 1. The lowest BCUT2D eigenvalue weighted by Crippen LogP contribution is -2.18. The number of carbonyl (C=O) groups excluding carboxylic acids is 1. The van der Waals surface area contributed by atoms with E-state index in [0.717, 1.165) is 5.56 Å². The molecule has 1 aromatic carbocycles. The van der Waals surface area contributed by atoms with Gasteiger partial charge in [-0.2, -0.15) is 0 Å². The van der Waals surface area contributed by atoms with Crippen molar-refractivity contribution in [2.45, 2.75) is 33.0 Å². The van der Waals surface area contributed by atoms with E-state index in [1.165, 1.54) is 11.3 Å². The van der Waals surface area contributed by atoms with Gasteiger partial charge in [-0.1, -0.05) is 37.3 Å². The number of aromatic amines is 1. The lowest BCUT2D eigenvalue weighted by Gasteiger charge is -2.11. The Labute approximate surface area is 183 Å². The maximum atomic E-state index is 12.6. The zero-order valence-electron chi connectivity index (χ0n) is 17.2. The molecule has 160 valence electrons. The molecule has 1 atom stereocenters. The molecule has 0 aliphatic carbocycles. The van der Waals surface area contributed by atoms with Crippen molar-refractivity contribution in [3.8, 4) is 11.3 Å². The lowest BCUT2D eigenvalue weighted by molar-refractivity contribution is -0.0136. The number of aromatic nitrogens is 2. The molecule has 1 aliphatic heterocycles. The molecule has 7 nitrogen and oxygen atoms in total. The molecule has 1 unspecified atom stereocenters. The van der Waals surface area contributed by atoms with Crippen LogP contribution in [0.1, 0.15) is 40.5 Å². The minimum Gasteiger partial charge on any atom is -0.462 e. The number of nitrogens with one attached hydrogen (secondary N) is 1. The second kappa shape index (κ2) is 9.18. The minimum absolute atomic E-state index is 0.257. The van der Waals surface area contributed by atoms with Crippen LogP contribution in [0, 0.1) is 0 Å². The number of thiazole rings is 1. The molecule has 0 saturated heterocycles. The van der Waals surface area contributed by atoms with Gasteiger partial charge in [-0.25, -0.2) is 9.78 Å². The maximum absolute atomic E-state index is 12.6. The summed E-state index contributed by atoms with van der Waals surface area (Å²) in [5.74, 6) is 0.0516. The van der Waals surface area contributed by atoms with E-state index in [1.807, 2.05) is 37.3 Å². The molecule has 1 N–H and O–H groups in total. The number of carbonyl (C=O) groups is 1. The van der Waals surface area contributed by atoms with Crippen molar-refractivity contribution in [3.05, 3.63) is 80.2 Å². The normalized spacial score (nSPS) is 15.2. The van der Waals surface area contributed by atoms with Crippen LogP contribution in [0.15, 0.2) is 52.8 Å². The summed E-state index contributed by atoms with van der Waals surface area (Å²) in [6.45, 7) is 3.86. The molecule has 2 aromatic heterocycles. The first-order chi connectivity index (χ1) is 15.1. The first kappa shape index (κ1) is 20.9. The highest BCUT2D eigenvalue weighted by Gasteiger charge is 2.24. The van der Waals surface area contributed by atoms with Crippen molar-refractivity contribution in [2.75, 3.05) is 6.61 Å². The van der Waals surface area contributed by atoms with Crippen molar-refractivity contribution in [3.63, 3.8) is 0 Å². The topological polar surface area (TPSA) is 90.5 Å². The van der Waals surface area contributed by atoms with Gasteiger partial charge >= 0.3 is 5.97 Å². The first-order valence-corrected chi connectivity index (χ1v) is 10.9. The zero-order valence-corrected chi connectivity index (χ0v) is 18.0. The fourth-order valence-electron chi connectivity index (χ4n) is 3.27. The van der Waals surface area contributed by atoms with Crippen LogP contribution < -0.4 is 5.56 Å². The van der Waals surface area contributed by atoms with Gasteiger partial charge in [-0.3, -0.25) is 4.79 Å². The van der Waals surface area contributed by atoms with Crippen LogP contribution in [0.3, 0.4) is 0 Å². The second-order valence-electron chi connectivity index (χ2n) is 6.87. The Morgan fingerprint density at radius 3 is 2.81 bits per heavy atom. The van der Waals surface area contributed by atoms with Gasteiger partial charge in [-0.15, -0.1) is 11.3 Å². The van der Waals surface area contributed by atoms with Crippen LogP contribution in [0.2, 0.25) is 0 Å². The lowest BCUT2D eigenvalue weighted by atomic mass is 10.1. The van der Waals surface area contributed by atoms with Crippen molar-refractivity contribution < 1.29 is 19.0 Å². The number of benzene rings is 1. The van der Waals surface area contributed by atoms with Crippen molar-refractivity contribution in [2.24, 2.45) is 0 Å². The molecule has 8 heteroatoms. The summed E-state index contributed by atoms with van der Waals surface area (Å²) < 4.78 is 16.6. The highest BCUT2D eigenvalue weighted by atomic mass is 32.1. The molecule has 0 radical (unpaired) electrons. The van der Waals surface area contributed by atoms with E-state index in [2.05, 4.69) is 9.97 Å². The van der Waals surface area contributed by atoms with Gasteiger partial charge in [0.15, 0.2) is 10.8 Å². The Balaban J connectivity index is 1.54. The maximum Gasteiger partial charge on any atom is 0.339 e. The van der Waals surface area contributed by atoms with E-state index in [-0.39, 0.29) is 12.2 Å². The molecular weight excluding hydrogens is 416 g/mol. The van der Waals surface area contributed by atoms with Crippen LogP contribution in [-0.2, 0) is 27.1 Å². The quantitative estimate of drug-likeness (QED) is 0.557. The van der Waals surface area contributed by atoms with Gasteiger partial charge in [-0.05, 0) is 25.0 Å². The SMILES string of the molecule is CCOC(=O)c1cc(-c2csc(C3=COC(Cc4ccccc4)O3)n2)c(=O)[nH]c1CC. The highest BCUT2D eigenvalue weighted by Crippen LogP contribution is 2.31. The summed E-state index contributed by atoms with van der Waals surface area (Å²) in [4.78, 5) is 32.2. The number of aryl methyl sites for hydroxylation is 1. The Hall–Kier alpha value is -3.39. The van der Waals surface area contributed by atoms with Crippen LogP contribution in [0.5, 0.6) is 0 Å². The number of H-pyrrole nitrogens is 1. The predicted octanol–water partition coefficient (Wildman–Crippen LogP) is 4.15. The van der Waals surface area contributed by atoms with E-state index in [4.69, 9.17) is 14.2 Å². The number of nitrogens with zero attached hydrogens (tertiary/aromatic N) is 1. The third-order valence-electron chi connectivity index (χ3n) is 4.79. The molecule has 0 saturated carbocycles. The molecule has 4 rings (SSSR count). The van der Waals surface area contributed by atoms with E-state index < -0.39 is 12.3 Å². The standard InChI is InChI=1S/C23H22N2O5S/c1-3-17-16(23(27)28-4-2)11-15(21(26)24-17)18-13-31-22(25-18)19-12-29-20(30-19)10-14-8-6-5-7-9-14/h5-9,11-13,20H,3-4,10H2,1-2H3,(H,24,26). The van der Waals surface area contributed by atoms with Crippen LogP contribution in [0.4, 0.5) is 0 Å². The van der Waals surface area contributed by atoms with Gasteiger partial charge in [0.1, 0.15) is 6.26 Å². The number of ether oxygens (including phenoxy) is 3. The smallest absolute Gasteiger partial charge is 0.339 e. The van der Waals surface area contributed by atoms with Gasteiger partial charge < -0.3 is 19.2 Å². The Kier molecular flexibility index (Phi) is 6.18. The van der Waals surface area contributed by atoms with Crippen molar-refractivity contribution in [1.82, 2.24) is 9.97 Å². The third kappa shape index (κ3) is 4.54. The first-order valence-electron chi connectivity index (χ1n) is 10.0. The molecule has 0 spiro atoms. The summed E-state index contributed by atoms with van der Waals surface area (Å²) >= 11 is 1.34. The van der Waals surface area contributed by atoms with Crippen molar-refractivity contribution >= 4 is 23.1 Å². The second-order valence-corrected chi connectivity index (χ2v) is 7.73. The Bertz CT molecular complexity index is 1170. The fraction of sp³-hybridized carbons (Fsp3) is 0.261.